The van der Waals surface area contributed by atoms with Crippen LogP contribution in [0.3, 0.4) is 0 Å². The van der Waals surface area contributed by atoms with Gasteiger partial charge in [-0.15, -0.1) is 0 Å². The molecule has 0 spiro atoms. The van der Waals surface area contributed by atoms with Crippen LogP contribution in [0, 0.1) is 0 Å². The van der Waals surface area contributed by atoms with E-state index in [4.69, 9.17) is 16.7 Å². The maximum absolute atomic E-state index is 11.2. The van der Waals surface area contributed by atoms with Gasteiger partial charge in [0.2, 0.25) is 10.0 Å². The Morgan fingerprint density at radius 2 is 2.12 bits per heavy atom. The summed E-state index contributed by atoms with van der Waals surface area (Å²) in [6, 6.07) is 3.92. The minimum atomic E-state index is -3.41. The first-order valence-corrected chi connectivity index (χ1v) is 6.42. The average molecular weight is 264 g/mol. The number of sulfonamides is 1. The van der Waals surface area contributed by atoms with Gasteiger partial charge in [-0.2, -0.15) is 0 Å². The van der Waals surface area contributed by atoms with Crippen LogP contribution in [0.15, 0.2) is 18.2 Å². The van der Waals surface area contributed by atoms with E-state index in [0.29, 0.717) is 0 Å². The lowest BCUT2D eigenvalue weighted by Crippen LogP contribution is -2.15. The van der Waals surface area contributed by atoms with E-state index in [9.17, 15) is 13.2 Å². The number of carboxylic acid groups (broad SMARTS) is 1. The van der Waals surface area contributed by atoms with Gasteiger partial charge in [0.05, 0.1) is 16.3 Å². The zero-order valence-electron chi connectivity index (χ0n) is 8.40. The Labute approximate surface area is 98.1 Å². The lowest BCUT2D eigenvalue weighted by Gasteiger charge is -2.07. The van der Waals surface area contributed by atoms with Gasteiger partial charge in [-0.05, 0) is 25.1 Å². The van der Waals surface area contributed by atoms with Crippen LogP contribution in [0.2, 0.25) is 5.02 Å². The highest BCUT2D eigenvalue weighted by molar-refractivity contribution is 7.92. The van der Waals surface area contributed by atoms with E-state index in [2.05, 4.69) is 4.72 Å². The van der Waals surface area contributed by atoms with Crippen LogP contribution in [-0.2, 0) is 10.0 Å². The molecule has 0 amide bonds. The largest absolute Gasteiger partial charge is 0.478 e. The molecule has 5 nitrogen and oxygen atoms in total. The first-order valence-electron chi connectivity index (χ1n) is 4.39. The summed E-state index contributed by atoms with van der Waals surface area (Å²) in [4.78, 5) is 10.7. The van der Waals surface area contributed by atoms with Gasteiger partial charge in [0, 0.05) is 5.69 Å². The molecule has 0 heterocycles. The zero-order chi connectivity index (χ0) is 12.3. The third-order valence-electron chi connectivity index (χ3n) is 1.85. The second-order valence-corrected chi connectivity index (χ2v) is 5.42. The summed E-state index contributed by atoms with van der Waals surface area (Å²) in [7, 11) is -3.41. The molecule has 2 N–H and O–H groups in total. The predicted molar refractivity (Wildman–Crippen MR) is 61.5 cm³/mol. The summed E-state index contributed by atoms with van der Waals surface area (Å²) >= 11 is 5.64. The summed E-state index contributed by atoms with van der Waals surface area (Å²) < 4.78 is 24.7. The molecule has 1 aromatic carbocycles. The van der Waals surface area contributed by atoms with Gasteiger partial charge in [-0.1, -0.05) is 11.6 Å². The smallest absolute Gasteiger partial charge is 0.337 e. The molecule has 0 unspecified atom stereocenters. The molecule has 1 rings (SSSR count). The number of hydrogen-bond acceptors (Lipinski definition) is 3. The molecule has 0 bridgehead atoms. The number of carbonyl (C=O) groups is 1. The zero-order valence-corrected chi connectivity index (χ0v) is 9.97. The van der Waals surface area contributed by atoms with Crippen LogP contribution in [-0.4, -0.2) is 25.2 Å². The fourth-order valence-corrected chi connectivity index (χ4v) is 1.83. The summed E-state index contributed by atoms with van der Waals surface area (Å²) in [6.45, 7) is 1.48. The van der Waals surface area contributed by atoms with Gasteiger partial charge in [0.15, 0.2) is 0 Å². The molecular weight excluding hydrogens is 254 g/mol. The van der Waals surface area contributed by atoms with Crippen molar-refractivity contribution in [1.29, 1.82) is 0 Å². The number of benzene rings is 1. The van der Waals surface area contributed by atoms with Crippen molar-refractivity contribution in [3.63, 3.8) is 0 Å². The molecule has 0 saturated heterocycles. The first-order chi connectivity index (χ1) is 7.35. The SMILES string of the molecule is CCS(=O)(=O)Nc1ccc(Cl)c(C(=O)O)c1. The van der Waals surface area contributed by atoms with E-state index in [0.717, 1.165) is 0 Å². The molecular formula is C9H10ClNO4S. The number of carboxylic acids is 1. The van der Waals surface area contributed by atoms with Crippen molar-refractivity contribution < 1.29 is 18.3 Å². The molecule has 0 aliphatic heterocycles. The second-order valence-electron chi connectivity index (χ2n) is 3.01. The van der Waals surface area contributed by atoms with Crippen molar-refractivity contribution in [2.75, 3.05) is 10.5 Å². The standard InChI is InChI=1S/C9H10ClNO4S/c1-2-16(14,15)11-6-3-4-8(10)7(5-6)9(12)13/h3-5,11H,2H2,1H3,(H,12,13). The number of nitrogens with one attached hydrogen (secondary N) is 1. The maximum Gasteiger partial charge on any atom is 0.337 e. The Bertz CT molecular complexity index is 512. The van der Waals surface area contributed by atoms with Crippen molar-refractivity contribution in [3.8, 4) is 0 Å². The van der Waals surface area contributed by atoms with Crippen molar-refractivity contribution in [2.45, 2.75) is 6.92 Å². The number of rotatable bonds is 4. The molecule has 1 aromatic rings. The van der Waals surface area contributed by atoms with E-state index in [1.165, 1.54) is 25.1 Å². The van der Waals surface area contributed by atoms with Crippen molar-refractivity contribution in [3.05, 3.63) is 28.8 Å². The van der Waals surface area contributed by atoms with Crippen LogP contribution in [0.4, 0.5) is 5.69 Å². The molecule has 0 saturated carbocycles. The molecule has 0 atom stereocenters. The normalized spacial score (nSPS) is 11.1. The Balaban J connectivity index is 3.09. The van der Waals surface area contributed by atoms with Crippen molar-refractivity contribution >= 4 is 33.3 Å². The molecule has 16 heavy (non-hydrogen) atoms. The number of halogens is 1. The molecule has 0 radical (unpaired) electrons. The Morgan fingerprint density at radius 3 is 2.62 bits per heavy atom. The van der Waals surface area contributed by atoms with Crippen molar-refractivity contribution in [2.24, 2.45) is 0 Å². The molecule has 0 aliphatic rings. The van der Waals surface area contributed by atoms with Gasteiger partial charge in [0.1, 0.15) is 0 Å². The van der Waals surface area contributed by atoms with E-state index in [1.54, 1.807) is 0 Å². The average Bonchev–Trinajstić information content (AvgIpc) is 2.20. The van der Waals surface area contributed by atoms with Gasteiger partial charge in [-0.3, -0.25) is 4.72 Å². The molecule has 0 fully saturated rings. The lowest BCUT2D eigenvalue weighted by atomic mass is 10.2. The van der Waals surface area contributed by atoms with Gasteiger partial charge >= 0.3 is 5.97 Å². The van der Waals surface area contributed by atoms with Crippen molar-refractivity contribution in [1.82, 2.24) is 0 Å². The van der Waals surface area contributed by atoms with Crippen LogP contribution >= 0.6 is 11.6 Å². The first kappa shape index (κ1) is 12.8. The molecule has 7 heteroatoms. The number of aromatic carboxylic acids is 1. The molecule has 0 aromatic heterocycles. The van der Waals surface area contributed by atoms with Gasteiger partial charge in [0.25, 0.3) is 0 Å². The predicted octanol–water partition coefficient (Wildman–Crippen LogP) is 1.80. The minimum Gasteiger partial charge on any atom is -0.478 e. The maximum atomic E-state index is 11.2. The van der Waals surface area contributed by atoms with Crippen LogP contribution in [0.25, 0.3) is 0 Å². The monoisotopic (exact) mass is 263 g/mol. The summed E-state index contributed by atoms with van der Waals surface area (Å²) in [6.07, 6.45) is 0. The third-order valence-corrected chi connectivity index (χ3v) is 3.49. The Morgan fingerprint density at radius 1 is 1.50 bits per heavy atom. The summed E-state index contributed by atoms with van der Waals surface area (Å²) in [5, 5.41) is 8.85. The topological polar surface area (TPSA) is 83.5 Å². The van der Waals surface area contributed by atoms with E-state index in [-0.39, 0.29) is 22.0 Å². The van der Waals surface area contributed by atoms with Crippen LogP contribution in [0.1, 0.15) is 17.3 Å². The number of anilines is 1. The summed E-state index contributed by atoms with van der Waals surface area (Å²) in [5.74, 6) is -1.29. The quantitative estimate of drug-likeness (QED) is 0.868. The van der Waals surface area contributed by atoms with E-state index >= 15 is 0 Å². The van der Waals surface area contributed by atoms with Crippen LogP contribution in [0.5, 0.6) is 0 Å². The van der Waals surface area contributed by atoms with Crippen LogP contribution < -0.4 is 4.72 Å². The van der Waals surface area contributed by atoms with E-state index in [1.807, 2.05) is 0 Å². The fraction of sp³-hybridized carbons (Fsp3) is 0.222. The minimum absolute atomic E-state index is 0.0620. The highest BCUT2D eigenvalue weighted by Crippen LogP contribution is 2.21. The van der Waals surface area contributed by atoms with E-state index < -0.39 is 16.0 Å². The Kier molecular flexibility index (Phi) is 3.77. The molecule has 0 aliphatic carbocycles. The highest BCUT2D eigenvalue weighted by Gasteiger charge is 2.12. The Hall–Kier alpha value is -1.27. The fourth-order valence-electron chi connectivity index (χ4n) is 1.00. The highest BCUT2D eigenvalue weighted by atomic mass is 35.5. The third kappa shape index (κ3) is 3.11. The lowest BCUT2D eigenvalue weighted by molar-refractivity contribution is 0.0697. The summed E-state index contributed by atoms with van der Waals surface area (Å²) in [5.41, 5.74) is 0.0432. The molecule has 88 valence electrons. The van der Waals surface area contributed by atoms with Gasteiger partial charge < -0.3 is 5.11 Å². The number of hydrogen-bond donors (Lipinski definition) is 2. The van der Waals surface area contributed by atoms with Gasteiger partial charge in [-0.25, -0.2) is 13.2 Å². The second kappa shape index (κ2) is 4.71.